The van der Waals surface area contributed by atoms with Gasteiger partial charge in [-0.2, -0.15) is 0 Å². The van der Waals surface area contributed by atoms with Gasteiger partial charge in [0, 0.05) is 12.7 Å². The second-order valence-electron chi connectivity index (χ2n) is 2.96. The average molecular weight is 247 g/mol. The van der Waals surface area contributed by atoms with Gasteiger partial charge in [0.05, 0.1) is 12.9 Å². The van der Waals surface area contributed by atoms with Crippen molar-refractivity contribution in [2.24, 2.45) is 10.9 Å². The maximum absolute atomic E-state index is 11.6. The fraction of sp³-hybridized carbons (Fsp3) is 0.429. The van der Waals surface area contributed by atoms with Crippen LogP contribution in [0.15, 0.2) is 22.7 Å². The topological polar surface area (TPSA) is 123 Å². The maximum atomic E-state index is 11.6. The average Bonchev–Trinajstić information content (AvgIpc) is 2.75. The highest BCUT2D eigenvalue weighted by atomic mass is 32.2. The third-order valence-corrected chi connectivity index (χ3v) is 3.11. The Labute approximate surface area is 92.8 Å². The molecule has 0 aliphatic rings. The lowest BCUT2D eigenvalue weighted by atomic mass is 10.6. The fourth-order valence-electron chi connectivity index (χ4n) is 0.930. The normalized spacial score (nSPS) is 12.9. The predicted molar refractivity (Wildman–Crippen MR) is 56.5 cm³/mol. The van der Waals surface area contributed by atoms with Gasteiger partial charge < -0.3 is 15.5 Å². The first-order valence-electron chi connectivity index (χ1n) is 4.47. The van der Waals surface area contributed by atoms with Crippen molar-refractivity contribution in [2.45, 2.75) is 18.5 Å². The monoisotopic (exact) mass is 247 g/mol. The van der Waals surface area contributed by atoms with E-state index in [4.69, 9.17) is 10.9 Å². The van der Waals surface area contributed by atoms with Gasteiger partial charge in [-0.05, 0) is 6.92 Å². The van der Waals surface area contributed by atoms with Crippen LogP contribution in [-0.4, -0.2) is 35.6 Å². The van der Waals surface area contributed by atoms with E-state index in [-0.39, 0.29) is 17.4 Å². The zero-order chi connectivity index (χ0) is 12.2. The van der Waals surface area contributed by atoms with E-state index < -0.39 is 10.0 Å². The van der Waals surface area contributed by atoms with Crippen molar-refractivity contribution in [3.05, 3.63) is 12.5 Å². The molecule has 90 valence electrons. The van der Waals surface area contributed by atoms with E-state index in [1.807, 2.05) is 6.92 Å². The van der Waals surface area contributed by atoms with Crippen molar-refractivity contribution in [3.8, 4) is 0 Å². The van der Waals surface area contributed by atoms with Crippen LogP contribution >= 0.6 is 0 Å². The van der Waals surface area contributed by atoms with Crippen LogP contribution in [-0.2, 0) is 16.6 Å². The van der Waals surface area contributed by atoms with E-state index in [2.05, 4.69) is 14.9 Å². The molecule has 0 aliphatic carbocycles. The Hall–Kier alpha value is -1.61. The lowest BCUT2D eigenvalue weighted by Gasteiger charge is -2.02. The lowest BCUT2D eigenvalue weighted by Crippen LogP contribution is -2.33. The number of aryl methyl sites for hydroxylation is 1. The Morgan fingerprint density at radius 3 is 2.94 bits per heavy atom. The van der Waals surface area contributed by atoms with E-state index in [0.717, 1.165) is 0 Å². The molecule has 0 bridgehead atoms. The number of nitrogens with two attached hydrogens (primary N) is 1. The number of aromatic nitrogens is 2. The molecular weight excluding hydrogens is 234 g/mol. The molecule has 9 heteroatoms. The number of sulfonamides is 1. The summed E-state index contributed by atoms with van der Waals surface area (Å²) in [4.78, 5) is 3.73. The quantitative estimate of drug-likeness (QED) is 0.264. The Morgan fingerprint density at radius 2 is 2.44 bits per heavy atom. The van der Waals surface area contributed by atoms with Crippen LogP contribution in [0, 0.1) is 0 Å². The van der Waals surface area contributed by atoms with Crippen molar-refractivity contribution < 1.29 is 13.6 Å². The van der Waals surface area contributed by atoms with E-state index >= 15 is 0 Å². The molecule has 0 fully saturated rings. The third-order valence-electron chi connectivity index (χ3n) is 1.82. The first-order chi connectivity index (χ1) is 7.49. The molecule has 1 aromatic heterocycles. The SMILES string of the molecule is CCn1cnc(S(=O)(=O)NCC(N)=NO)c1. The molecule has 1 aromatic rings. The number of imidazole rings is 1. The summed E-state index contributed by atoms with van der Waals surface area (Å²) in [7, 11) is -3.71. The number of rotatable bonds is 5. The van der Waals surface area contributed by atoms with Gasteiger partial charge in [0.15, 0.2) is 10.9 Å². The van der Waals surface area contributed by atoms with Crippen molar-refractivity contribution >= 4 is 15.9 Å². The van der Waals surface area contributed by atoms with Crippen molar-refractivity contribution in [3.63, 3.8) is 0 Å². The van der Waals surface area contributed by atoms with Crippen LogP contribution < -0.4 is 10.5 Å². The minimum Gasteiger partial charge on any atom is -0.409 e. The summed E-state index contributed by atoms with van der Waals surface area (Å²) in [5, 5.41) is 10.8. The van der Waals surface area contributed by atoms with Crippen molar-refractivity contribution in [1.29, 1.82) is 0 Å². The van der Waals surface area contributed by atoms with Gasteiger partial charge in [-0.25, -0.2) is 18.1 Å². The zero-order valence-corrected chi connectivity index (χ0v) is 9.48. The molecule has 0 amide bonds. The summed E-state index contributed by atoms with van der Waals surface area (Å²) in [5.41, 5.74) is 5.14. The van der Waals surface area contributed by atoms with E-state index in [0.29, 0.717) is 6.54 Å². The Bertz CT molecular complexity index is 478. The number of nitrogens with one attached hydrogen (secondary N) is 1. The molecular formula is C7H13N5O3S. The standard InChI is InChI=1S/C7H13N5O3S/c1-2-12-4-7(9-5-12)16(14,15)10-3-6(8)11-13/h4-5,10,13H,2-3H2,1H3,(H2,8,11). The molecule has 8 nitrogen and oxygen atoms in total. The van der Waals surface area contributed by atoms with Crippen LogP contribution in [0.1, 0.15) is 6.92 Å². The molecule has 1 heterocycles. The first-order valence-corrected chi connectivity index (χ1v) is 5.95. The van der Waals surface area contributed by atoms with Gasteiger partial charge in [-0.3, -0.25) is 0 Å². The smallest absolute Gasteiger partial charge is 0.259 e. The summed E-state index contributed by atoms with van der Waals surface area (Å²) in [6, 6.07) is 0. The highest BCUT2D eigenvalue weighted by molar-refractivity contribution is 7.89. The van der Waals surface area contributed by atoms with E-state index in [1.165, 1.54) is 12.5 Å². The van der Waals surface area contributed by atoms with Crippen molar-refractivity contribution in [1.82, 2.24) is 14.3 Å². The largest absolute Gasteiger partial charge is 0.409 e. The van der Waals surface area contributed by atoms with Gasteiger partial charge >= 0.3 is 0 Å². The molecule has 0 saturated heterocycles. The van der Waals surface area contributed by atoms with Crippen LogP contribution in [0.3, 0.4) is 0 Å². The highest BCUT2D eigenvalue weighted by Crippen LogP contribution is 2.04. The second-order valence-corrected chi connectivity index (χ2v) is 4.67. The van der Waals surface area contributed by atoms with Crippen LogP contribution in [0.4, 0.5) is 0 Å². The molecule has 1 rings (SSSR count). The van der Waals surface area contributed by atoms with Crippen LogP contribution in [0.2, 0.25) is 0 Å². The first kappa shape index (κ1) is 12.5. The minimum atomic E-state index is -3.71. The number of hydrogen-bond donors (Lipinski definition) is 3. The number of amidine groups is 1. The second kappa shape index (κ2) is 4.94. The van der Waals surface area contributed by atoms with Gasteiger partial charge in [0.1, 0.15) is 0 Å². The number of nitrogens with zero attached hydrogens (tertiary/aromatic N) is 3. The van der Waals surface area contributed by atoms with Gasteiger partial charge in [-0.15, -0.1) is 0 Å². The number of hydrogen-bond acceptors (Lipinski definition) is 5. The molecule has 0 aliphatic heterocycles. The summed E-state index contributed by atoms with van der Waals surface area (Å²) < 4.78 is 27.0. The molecule has 0 atom stereocenters. The molecule has 0 saturated carbocycles. The molecule has 0 unspecified atom stereocenters. The Morgan fingerprint density at radius 1 is 1.75 bits per heavy atom. The Balaban J connectivity index is 2.78. The third kappa shape index (κ3) is 2.94. The lowest BCUT2D eigenvalue weighted by molar-refractivity contribution is 0.317. The summed E-state index contributed by atoms with van der Waals surface area (Å²) in [6.07, 6.45) is 2.81. The van der Waals surface area contributed by atoms with Crippen LogP contribution in [0.5, 0.6) is 0 Å². The molecule has 0 radical (unpaired) electrons. The van der Waals surface area contributed by atoms with E-state index in [1.54, 1.807) is 4.57 Å². The van der Waals surface area contributed by atoms with Gasteiger partial charge in [-0.1, -0.05) is 5.16 Å². The summed E-state index contributed by atoms with van der Waals surface area (Å²) in [5.74, 6) is -0.224. The molecule has 0 spiro atoms. The summed E-state index contributed by atoms with van der Waals surface area (Å²) >= 11 is 0. The fourth-order valence-corrected chi connectivity index (χ4v) is 1.88. The maximum Gasteiger partial charge on any atom is 0.259 e. The van der Waals surface area contributed by atoms with Crippen LogP contribution in [0.25, 0.3) is 0 Å². The number of oxime groups is 1. The van der Waals surface area contributed by atoms with Crippen molar-refractivity contribution in [2.75, 3.05) is 6.54 Å². The predicted octanol–water partition coefficient (Wildman–Crippen LogP) is -1.07. The van der Waals surface area contributed by atoms with Gasteiger partial charge in [0.25, 0.3) is 10.0 Å². The van der Waals surface area contributed by atoms with E-state index in [9.17, 15) is 8.42 Å². The van der Waals surface area contributed by atoms with Gasteiger partial charge in [0.2, 0.25) is 0 Å². The summed E-state index contributed by atoms with van der Waals surface area (Å²) in [6.45, 7) is 2.22. The molecule has 16 heavy (non-hydrogen) atoms. The zero-order valence-electron chi connectivity index (χ0n) is 8.66. The Kier molecular flexibility index (Phi) is 3.85. The minimum absolute atomic E-state index is 0.0971. The highest BCUT2D eigenvalue weighted by Gasteiger charge is 2.17. The molecule has 4 N–H and O–H groups in total. The molecule has 0 aromatic carbocycles.